The summed E-state index contributed by atoms with van der Waals surface area (Å²) in [5.74, 6) is -0.260. The smallest absolute Gasteiger partial charge is 0.416 e. The zero-order valence-electron chi connectivity index (χ0n) is 30.0. The highest BCUT2D eigenvalue weighted by Crippen LogP contribution is 2.41. The van der Waals surface area contributed by atoms with Gasteiger partial charge >= 0.3 is 12.1 Å². The van der Waals surface area contributed by atoms with Crippen molar-refractivity contribution >= 4 is 11.9 Å². The lowest BCUT2D eigenvalue weighted by Gasteiger charge is -2.34. The maximum atomic E-state index is 16.6. The van der Waals surface area contributed by atoms with Crippen LogP contribution in [-0.4, -0.2) is 45.6 Å². The number of halogens is 5. The molecule has 3 aromatic rings. The van der Waals surface area contributed by atoms with Crippen molar-refractivity contribution in [3.05, 3.63) is 91.9 Å². The second kappa shape index (κ2) is 15.6. The Morgan fingerprint density at radius 2 is 1.65 bits per heavy atom. The summed E-state index contributed by atoms with van der Waals surface area (Å²) in [6, 6.07) is 4.30. The average Bonchev–Trinajstić information content (AvgIpc) is 3.91. The van der Waals surface area contributed by atoms with Gasteiger partial charge in [-0.3, -0.25) is 14.4 Å². The van der Waals surface area contributed by atoms with E-state index in [1.807, 2.05) is 0 Å². The molecule has 5 rings (SSSR count). The zero-order valence-corrected chi connectivity index (χ0v) is 30.0. The summed E-state index contributed by atoms with van der Waals surface area (Å²) in [4.78, 5) is 42.1. The van der Waals surface area contributed by atoms with Crippen molar-refractivity contribution in [3.63, 3.8) is 0 Å². The molecule has 7 nitrogen and oxygen atoms in total. The Kier molecular flexibility index (Phi) is 11.6. The molecule has 1 amide bonds. The number of aliphatic carboxylic acids is 1. The molecule has 1 aliphatic carbocycles. The van der Waals surface area contributed by atoms with Gasteiger partial charge in [0.25, 0.3) is 5.56 Å². The summed E-state index contributed by atoms with van der Waals surface area (Å²) < 4.78 is 76.9. The number of hydrogen-bond acceptors (Lipinski definition) is 4. The zero-order chi connectivity index (χ0) is 38.1. The lowest BCUT2D eigenvalue weighted by molar-refractivity contribution is -0.139. The molecule has 1 saturated heterocycles. The number of rotatable bonds is 11. The van der Waals surface area contributed by atoms with Crippen LogP contribution in [-0.2, 0) is 15.8 Å². The number of carboxylic acids is 1. The summed E-state index contributed by atoms with van der Waals surface area (Å²) in [5, 5.41) is 12.4. The van der Waals surface area contributed by atoms with Crippen molar-refractivity contribution in [2.45, 2.75) is 103 Å². The largest absolute Gasteiger partial charge is 0.481 e. The van der Waals surface area contributed by atoms with Crippen LogP contribution >= 0.6 is 0 Å². The van der Waals surface area contributed by atoms with E-state index in [1.54, 1.807) is 45.9 Å². The molecule has 0 unspecified atom stereocenters. The molecule has 0 spiro atoms. The first-order valence-electron chi connectivity index (χ1n) is 17.6. The van der Waals surface area contributed by atoms with E-state index in [-0.39, 0.29) is 29.0 Å². The molecule has 2 aromatic carbocycles. The van der Waals surface area contributed by atoms with Crippen LogP contribution in [0.3, 0.4) is 0 Å². The highest BCUT2D eigenvalue weighted by atomic mass is 19.4. The van der Waals surface area contributed by atoms with Crippen LogP contribution in [0, 0.1) is 43.2 Å². The van der Waals surface area contributed by atoms with Crippen LogP contribution in [0.25, 0.3) is 11.1 Å². The fourth-order valence-corrected chi connectivity index (χ4v) is 7.47. The minimum atomic E-state index is -4.82. The third-order valence-electron chi connectivity index (χ3n) is 10.1. The summed E-state index contributed by atoms with van der Waals surface area (Å²) >= 11 is 0. The van der Waals surface area contributed by atoms with Gasteiger partial charge in [0.15, 0.2) is 0 Å². The lowest BCUT2D eigenvalue weighted by atomic mass is 9.87. The molecule has 278 valence electrons. The molecular weight excluding hydrogens is 681 g/mol. The van der Waals surface area contributed by atoms with Gasteiger partial charge in [0.1, 0.15) is 17.7 Å². The molecule has 0 bridgehead atoms. The molecule has 2 fully saturated rings. The van der Waals surface area contributed by atoms with Gasteiger partial charge in [-0.2, -0.15) is 13.2 Å². The fraction of sp³-hybridized carbons (Fsp3) is 0.475. The van der Waals surface area contributed by atoms with E-state index in [0.717, 1.165) is 23.6 Å². The maximum Gasteiger partial charge on any atom is 0.416 e. The van der Waals surface area contributed by atoms with Crippen molar-refractivity contribution in [2.24, 2.45) is 5.92 Å². The van der Waals surface area contributed by atoms with Gasteiger partial charge in [0, 0.05) is 29.4 Å². The van der Waals surface area contributed by atoms with Crippen molar-refractivity contribution in [1.29, 1.82) is 0 Å². The first-order valence-corrected chi connectivity index (χ1v) is 17.6. The number of carbonyl (C=O) groups excluding carboxylic acids is 1. The Balaban J connectivity index is 1.60. The van der Waals surface area contributed by atoms with Crippen LogP contribution in [0.4, 0.5) is 22.0 Å². The molecule has 1 aromatic heterocycles. The van der Waals surface area contributed by atoms with Gasteiger partial charge in [-0.05, 0) is 106 Å². The number of likely N-dealkylation sites (tertiary alicyclic amines) is 1. The van der Waals surface area contributed by atoms with Gasteiger partial charge in [0.2, 0.25) is 5.91 Å². The molecule has 0 radical (unpaired) electrons. The number of nitrogens with zero attached hydrogens (tertiary/aromatic N) is 2. The number of alkyl halides is 3. The van der Waals surface area contributed by atoms with E-state index < -0.39 is 70.8 Å². The number of aromatic nitrogens is 1. The van der Waals surface area contributed by atoms with Gasteiger partial charge < -0.3 is 19.9 Å². The molecule has 1 aliphatic heterocycles. The van der Waals surface area contributed by atoms with Crippen LogP contribution < -0.4 is 10.9 Å². The van der Waals surface area contributed by atoms with E-state index in [9.17, 15) is 32.7 Å². The maximum absolute atomic E-state index is 16.6. The van der Waals surface area contributed by atoms with E-state index in [1.165, 1.54) is 13.0 Å². The van der Waals surface area contributed by atoms with Crippen LogP contribution in [0.2, 0.25) is 0 Å². The number of piperidine rings is 1. The van der Waals surface area contributed by atoms with Crippen molar-refractivity contribution < 1.29 is 36.6 Å². The number of hydrogen-bond donors (Lipinski definition) is 2. The highest BCUT2D eigenvalue weighted by molar-refractivity contribution is 5.82. The number of aryl methyl sites for hydroxylation is 2. The normalized spacial score (nSPS) is 16.7. The third kappa shape index (κ3) is 8.41. The standard InChI is InChI=1S/C40H44F5N3O4/c1-6-8-26-18-28(35-23(4)9-7-10-24(35)5)38(42)36(37(26)41)31(20-34(50)51)46-39(52)32(17-22(2)3)48-21-29(30(19-33(48)49)40(43,44)45)25-13-15-47(16-14-25)27-11-12-27/h7,9-10,18-19,21-22,25,27,31-32H,11-17,20H2,1-5H3,(H,46,52)(H,50,51)/t31-,32-/m0/s1. The Morgan fingerprint density at radius 3 is 2.19 bits per heavy atom. The molecule has 52 heavy (non-hydrogen) atoms. The second-order valence-corrected chi connectivity index (χ2v) is 14.4. The minimum Gasteiger partial charge on any atom is -0.481 e. The summed E-state index contributed by atoms with van der Waals surface area (Å²) in [6.45, 7) is 9.68. The van der Waals surface area contributed by atoms with Gasteiger partial charge in [0.05, 0.1) is 23.6 Å². The van der Waals surface area contributed by atoms with Crippen LogP contribution in [0.1, 0.15) is 111 Å². The molecule has 1 saturated carbocycles. The number of benzene rings is 2. The lowest BCUT2D eigenvalue weighted by Crippen LogP contribution is -2.41. The van der Waals surface area contributed by atoms with E-state index >= 15 is 8.78 Å². The first kappa shape index (κ1) is 38.7. The molecule has 2 N–H and O–H groups in total. The minimum absolute atomic E-state index is 0.0313. The highest BCUT2D eigenvalue weighted by Gasteiger charge is 2.40. The van der Waals surface area contributed by atoms with Gasteiger partial charge in [-0.25, -0.2) is 8.78 Å². The predicted octanol–water partition coefficient (Wildman–Crippen LogP) is 8.06. The summed E-state index contributed by atoms with van der Waals surface area (Å²) in [7, 11) is 0. The van der Waals surface area contributed by atoms with Gasteiger partial charge in [-0.15, -0.1) is 5.92 Å². The topological polar surface area (TPSA) is 91.6 Å². The predicted molar refractivity (Wildman–Crippen MR) is 188 cm³/mol. The Labute approximate surface area is 300 Å². The molecule has 2 atom stereocenters. The Bertz CT molecular complexity index is 1940. The van der Waals surface area contributed by atoms with E-state index in [2.05, 4.69) is 22.1 Å². The van der Waals surface area contributed by atoms with Crippen molar-refractivity contribution in [3.8, 4) is 23.0 Å². The number of pyridine rings is 1. The molecular formula is C40H44F5N3O4. The number of carbonyl (C=O) groups is 2. The van der Waals surface area contributed by atoms with Crippen LogP contribution in [0.15, 0.2) is 41.3 Å². The number of nitrogens with one attached hydrogen (secondary N) is 1. The number of carboxylic acid groups (broad SMARTS) is 1. The monoisotopic (exact) mass is 725 g/mol. The van der Waals surface area contributed by atoms with E-state index in [4.69, 9.17) is 0 Å². The third-order valence-corrected chi connectivity index (χ3v) is 10.1. The SMILES string of the molecule is CC#Cc1cc(-c2c(C)cccc2C)c(F)c([C@H](CC(=O)O)NC(=O)[C@H](CC(C)C)n2cc(C3CCN(C4CC4)CC3)c(C(F)(F)F)cc2=O)c1F. The molecule has 2 heterocycles. The second-order valence-electron chi connectivity index (χ2n) is 14.4. The van der Waals surface area contributed by atoms with Crippen molar-refractivity contribution in [1.82, 2.24) is 14.8 Å². The quantitative estimate of drug-likeness (QED) is 0.154. The average molecular weight is 726 g/mol. The molecule has 12 heteroatoms. The van der Waals surface area contributed by atoms with E-state index in [0.29, 0.717) is 54.7 Å². The summed E-state index contributed by atoms with van der Waals surface area (Å²) in [5.41, 5.74) is -1.41. The molecule has 2 aliphatic rings. The van der Waals surface area contributed by atoms with Crippen molar-refractivity contribution in [2.75, 3.05) is 13.1 Å². The fourth-order valence-electron chi connectivity index (χ4n) is 7.47. The number of amides is 1. The Morgan fingerprint density at radius 1 is 1.02 bits per heavy atom. The van der Waals surface area contributed by atoms with Crippen LogP contribution in [0.5, 0.6) is 0 Å². The van der Waals surface area contributed by atoms with Gasteiger partial charge in [-0.1, -0.05) is 38.0 Å². The summed E-state index contributed by atoms with van der Waals surface area (Å²) in [6.07, 6.45) is -1.66. The first-order chi connectivity index (χ1) is 24.5. The Hall–Kier alpha value is -4.50.